The molecule has 0 bridgehead atoms. The van der Waals surface area contributed by atoms with Crippen LogP contribution in [-0.4, -0.2) is 41.0 Å². The molecule has 0 atom stereocenters. The predicted octanol–water partition coefficient (Wildman–Crippen LogP) is 2.18. The molecule has 0 aromatic heterocycles. The van der Waals surface area contributed by atoms with Crippen LogP contribution in [0.15, 0.2) is 48.5 Å². The molecule has 0 saturated heterocycles. The van der Waals surface area contributed by atoms with E-state index in [1.807, 2.05) is 48.5 Å². The Labute approximate surface area is 165 Å². The van der Waals surface area contributed by atoms with Gasteiger partial charge in [0, 0.05) is 0 Å². The van der Waals surface area contributed by atoms with Crippen LogP contribution in [-0.2, 0) is 22.7 Å². The molecule has 2 amide bonds. The van der Waals surface area contributed by atoms with E-state index in [2.05, 4.69) is 10.6 Å². The molecule has 0 heterocycles. The third kappa shape index (κ3) is 6.96. The molecule has 0 aliphatic heterocycles. The summed E-state index contributed by atoms with van der Waals surface area (Å²) in [6, 6.07) is 15.1. The zero-order chi connectivity index (χ0) is 19.5. The van der Waals surface area contributed by atoms with Gasteiger partial charge in [0.1, 0.15) is 0 Å². The van der Waals surface area contributed by atoms with E-state index in [9.17, 15) is 9.59 Å². The molecule has 7 heteroatoms. The van der Waals surface area contributed by atoms with Gasteiger partial charge in [-0.25, -0.2) is 0 Å². The van der Waals surface area contributed by atoms with Gasteiger partial charge < -0.3 is 0 Å². The molecule has 27 heavy (non-hydrogen) atoms. The molecule has 144 valence electrons. The number of ether oxygens (including phenoxy) is 2. The molecule has 0 aliphatic rings. The average molecular weight is 435 g/mol. The minimum absolute atomic E-state index is 0.0570. The Bertz CT molecular complexity index is 704. The Morgan fingerprint density at radius 1 is 0.778 bits per heavy atom. The van der Waals surface area contributed by atoms with Crippen molar-refractivity contribution in [1.82, 2.24) is 10.6 Å². The van der Waals surface area contributed by atoms with E-state index in [0.717, 1.165) is 22.6 Å². The molecule has 2 rings (SSSR count). The third-order valence-electron chi connectivity index (χ3n) is 3.80. The number of amides is 2. The Morgan fingerprint density at radius 3 is 1.59 bits per heavy atom. The number of hydrogen-bond acceptors (Lipinski definition) is 4. The van der Waals surface area contributed by atoms with Crippen LogP contribution in [0.1, 0.15) is 11.1 Å². The van der Waals surface area contributed by atoms with Gasteiger partial charge in [0.05, 0.1) is 0 Å². The van der Waals surface area contributed by atoms with Gasteiger partial charge in [0.25, 0.3) is 0 Å². The quantitative estimate of drug-likeness (QED) is 0.561. The van der Waals surface area contributed by atoms with E-state index in [0.29, 0.717) is 23.7 Å². The number of nitrogens with one attached hydrogen (secondary N) is 2. The summed E-state index contributed by atoms with van der Waals surface area (Å²) < 4.78 is 10.5. The zero-order valence-corrected chi connectivity index (χ0v) is 17.2. The van der Waals surface area contributed by atoms with Gasteiger partial charge in [0.15, 0.2) is 0 Å². The molecule has 0 unspecified atom stereocenters. The summed E-state index contributed by atoms with van der Waals surface area (Å²) in [7, 11) is 3.21. The van der Waals surface area contributed by atoms with E-state index >= 15 is 0 Å². The molecule has 0 aliphatic carbocycles. The van der Waals surface area contributed by atoms with Gasteiger partial charge in [0.2, 0.25) is 0 Å². The van der Waals surface area contributed by atoms with Crippen molar-refractivity contribution in [3.05, 3.63) is 59.7 Å². The molecule has 2 aromatic carbocycles. The summed E-state index contributed by atoms with van der Waals surface area (Å²) in [5.41, 5.74) is 1.85. The maximum atomic E-state index is 12.0. The van der Waals surface area contributed by atoms with Gasteiger partial charge in [-0.15, -0.1) is 0 Å². The van der Waals surface area contributed by atoms with E-state index in [4.69, 9.17) is 9.47 Å². The van der Waals surface area contributed by atoms with Gasteiger partial charge >= 0.3 is 166 Å². The first-order chi connectivity index (χ1) is 13.1. The van der Waals surface area contributed by atoms with Crippen LogP contribution in [0.5, 0.6) is 11.5 Å². The Morgan fingerprint density at radius 2 is 1.19 bits per heavy atom. The summed E-state index contributed by atoms with van der Waals surface area (Å²) >= 11 is -0.0876. The first-order valence-corrected chi connectivity index (χ1v) is 10.9. The number of para-hydroxylation sites is 2. The fraction of sp³-hybridized carbons (Fsp3) is 0.300. The van der Waals surface area contributed by atoms with Crippen molar-refractivity contribution in [2.75, 3.05) is 14.2 Å². The van der Waals surface area contributed by atoms with Crippen molar-refractivity contribution in [3.8, 4) is 11.5 Å². The molecule has 2 aromatic rings. The summed E-state index contributed by atoms with van der Waals surface area (Å²) in [5, 5.41) is 6.47. The van der Waals surface area contributed by atoms with E-state index in [1.54, 1.807) is 14.2 Å². The summed E-state index contributed by atoms with van der Waals surface area (Å²) in [5.74, 6) is 1.38. The van der Waals surface area contributed by atoms with E-state index in [1.165, 1.54) is 0 Å². The van der Waals surface area contributed by atoms with Crippen LogP contribution >= 0.6 is 0 Å². The minimum atomic E-state index is -0.0876. The van der Waals surface area contributed by atoms with Gasteiger partial charge in [-0.2, -0.15) is 0 Å². The average Bonchev–Trinajstić information content (AvgIpc) is 2.71. The molecular formula is C20H24N2O4Se. The van der Waals surface area contributed by atoms with Crippen molar-refractivity contribution in [3.63, 3.8) is 0 Å². The molecular weight excluding hydrogens is 411 g/mol. The second-order valence-corrected chi connectivity index (χ2v) is 7.74. The van der Waals surface area contributed by atoms with Gasteiger partial charge in [-0.1, -0.05) is 0 Å². The predicted molar refractivity (Wildman–Crippen MR) is 105 cm³/mol. The van der Waals surface area contributed by atoms with Crippen LogP contribution in [0, 0.1) is 0 Å². The van der Waals surface area contributed by atoms with Crippen LogP contribution in [0.25, 0.3) is 0 Å². The van der Waals surface area contributed by atoms with E-state index in [-0.39, 0.29) is 26.8 Å². The van der Waals surface area contributed by atoms with Crippen molar-refractivity contribution in [1.29, 1.82) is 0 Å². The molecule has 2 N–H and O–H groups in total. The molecule has 0 saturated carbocycles. The van der Waals surface area contributed by atoms with Crippen molar-refractivity contribution in [2.45, 2.75) is 23.7 Å². The van der Waals surface area contributed by atoms with Crippen molar-refractivity contribution in [2.24, 2.45) is 0 Å². The van der Waals surface area contributed by atoms with Gasteiger partial charge in [-0.05, 0) is 0 Å². The number of carbonyl (C=O) groups excluding carboxylic acids is 2. The normalized spacial score (nSPS) is 10.1. The molecule has 0 radical (unpaired) electrons. The topological polar surface area (TPSA) is 76.7 Å². The Hall–Kier alpha value is -2.50. The molecule has 0 fully saturated rings. The SMILES string of the molecule is COc1ccccc1CNC(=O)C[Se]CC(=O)NCc1ccccc1OC. The Kier molecular flexibility index (Phi) is 8.68. The molecule has 6 nitrogen and oxygen atoms in total. The van der Waals surface area contributed by atoms with E-state index < -0.39 is 0 Å². The number of hydrogen-bond donors (Lipinski definition) is 2. The maximum absolute atomic E-state index is 12.0. The summed E-state index contributed by atoms with van der Waals surface area (Å²) in [6.07, 6.45) is 0. The first kappa shape index (κ1) is 20.8. The second kappa shape index (κ2) is 11.3. The monoisotopic (exact) mass is 436 g/mol. The van der Waals surface area contributed by atoms with Crippen LogP contribution in [0.3, 0.4) is 0 Å². The van der Waals surface area contributed by atoms with Crippen LogP contribution in [0.2, 0.25) is 10.6 Å². The standard InChI is InChI=1S/C20H24N2O4Se/c1-25-17-9-5-3-7-15(17)11-21-19(23)13-27-14-20(24)22-12-16-8-4-6-10-18(16)26-2/h3-10H,11-14H2,1-2H3,(H,21,23)(H,22,24). The number of rotatable bonds is 10. The zero-order valence-electron chi connectivity index (χ0n) is 15.5. The Balaban J connectivity index is 1.66. The summed E-state index contributed by atoms with van der Waals surface area (Å²) in [6.45, 7) is 0.831. The van der Waals surface area contributed by atoms with Crippen molar-refractivity contribution < 1.29 is 19.1 Å². The fourth-order valence-corrected chi connectivity index (χ4v) is 3.84. The fourth-order valence-electron chi connectivity index (χ4n) is 2.42. The van der Waals surface area contributed by atoms with Crippen molar-refractivity contribution >= 4 is 26.8 Å². The molecule has 0 spiro atoms. The first-order valence-electron chi connectivity index (χ1n) is 8.49. The van der Waals surface area contributed by atoms with Crippen LogP contribution < -0.4 is 20.1 Å². The van der Waals surface area contributed by atoms with Crippen LogP contribution in [0.4, 0.5) is 0 Å². The summed E-state index contributed by atoms with van der Waals surface area (Å²) in [4.78, 5) is 24.0. The number of carbonyl (C=O) groups is 2. The van der Waals surface area contributed by atoms with Gasteiger partial charge in [-0.3, -0.25) is 0 Å². The number of methoxy groups -OCH3 is 2. The third-order valence-corrected chi connectivity index (χ3v) is 5.76. The second-order valence-electron chi connectivity index (χ2n) is 5.67. The number of benzene rings is 2.